The lowest BCUT2D eigenvalue weighted by molar-refractivity contribution is 0.407. The zero-order valence-electron chi connectivity index (χ0n) is 11.1. The molecule has 0 saturated heterocycles. The maximum Gasteiger partial charge on any atom is 0.0994 e. The topological polar surface area (TPSA) is 29.9 Å². The summed E-state index contributed by atoms with van der Waals surface area (Å²) >= 11 is 0. The Morgan fingerprint density at radius 1 is 1.21 bits per heavy atom. The van der Waals surface area contributed by atoms with Crippen LogP contribution in [0.25, 0.3) is 5.69 Å². The van der Waals surface area contributed by atoms with Crippen molar-refractivity contribution in [1.82, 2.24) is 14.9 Å². The van der Waals surface area contributed by atoms with Gasteiger partial charge < -0.3 is 9.88 Å². The average Bonchev–Trinajstić information content (AvgIpc) is 2.85. The van der Waals surface area contributed by atoms with Crippen LogP contribution in [0.3, 0.4) is 0 Å². The molecule has 3 heteroatoms. The van der Waals surface area contributed by atoms with Crippen LogP contribution >= 0.6 is 0 Å². The van der Waals surface area contributed by atoms with Crippen molar-refractivity contribution in [1.29, 1.82) is 0 Å². The van der Waals surface area contributed by atoms with Crippen LogP contribution in [0.4, 0.5) is 0 Å². The molecule has 0 radical (unpaired) electrons. The van der Waals surface area contributed by atoms with Crippen molar-refractivity contribution in [3.8, 4) is 5.69 Å². The van der Waals surface area contributed by atoms with Gasteiger partial charge in [0.2, 0.25) is 0 Å². The van der Waals surface area contributed by atoms with E-state index in [2.05, 4.69) is 33.1 Å². The van der Waals surface area contributed by atoms with Crippen LogP contribution in [-0.4, -0.2) is 16.1 Å². The molecule has 1 N–H and O–H groups in total. The number of hydrogen-bond acceptors (Lipinski definition) is 2. The molecule has 1 saturated carbocycles. The van der Waals surface area contributed by atoms with Gasteiger partial charge in [-0.25, -0.2) is 4.98 Å². The summed E-state index contributed by atoms with van der Waals surface area (Å²) < 4.78 is 2.28. The van der Waals surface area contributed by atoms with Crippen molar-refractivity contribution in [2.45, 2.75) is 38.1 Å². The molecular formula is C16H19N3. The summed E-state index contributed by atoms with van der Waals surface area (Å²) in [7, 11) is 0. The maximum absolute atomic E-state index is 4.36. The van der Waals surface area contributed by atoms with E-state index in [1.165, 1.54) is 41.8 Å². The van der Waals surface area contributed by atoms with Crippen molar-refractivity contribution in [3.63, 3.8) is 0 Å². The standard InChI is InChI=1S/C16H19N3/c1-2-13(3-1)16-10-18-11-19(16)15-5-4-12-6-7-17-9-14(12)8-15/h4-5,8,10-11,13,17H,1-3,6-7,9H2. The first kappa shape index (κ1) is 11.2. The van der Waals surface area contributed by atoms with Crippen molar-refractivity contribution >= 4 is 0 Å². The highest BCUT2D eigenvalue weighted by Crippen LogP contribution is 2.37. The number of hydrogen-bond donors (Lipinski definition) is 1. The number of benzene rings is 1. The van der Waals surface area contributed by atoms with Crippen molar-refractivity contribution in [3.05, 3.63) is 47.5 Å². The molecule has 3 nitrogen and oxygen atoms in total. The highest BCUT2D eigenvalue weighted by Gasteiger charge is 2.23. The normalized spacial score (nSPS) is 18.9. The summed E-state index contributed by atoms with van der Waals surface area (Å²) in [5, 5.41) is 3.45. The van der Waals surface area contributed by atoms with Gasteiger partial charge in [-0.15, -0.1) is 0 Å². The van der Waals surface area contributed by atoms with Gasteiger partial charge in [-0.1, -0.05) is 12.5 Å². The molecule has 0 unspecified atom stereocenters. The molecule has 0 amide bonds. The monoisotopic (exact) mass is 253 g/mol. The molecule has 1 aliphatic heterocycles. The van der Waals surface area contributed by atoms with Crippen LogP contribution in [0.1, 0.15) is 42.0 Å². The predicted molar refractivity (Wildman–Crippen MR) is 75.6 cm³/mol. The number of nitrogens with one attached hydrogen (secondary N) is 1. The van der Waals surface area contributed by atoms with Crippen molar-refractivity contribution < 1.29 is 0 Å². The smallest absolute Gasteiger partial charge is 0.0994 e. The lowest BCUT2D eigenvalue weighted by atomic mass is 9.83. The van der Waals surface area contributed by atoms with E-state index in [1.54, 1.807) is 0 Å². The third-order valence-electron chi connectivity index (χ3n) is 4.55. The molecule has 0 spiro atoms. The van der Waals surface area contributed by atoms with Gasteiger partial charge in [0.1, 0.15) is 0 Å². The fourth-order valence-corrected chi connectivity index (χ4v) is 3.14. The van der Waals surface area contributed by atoms with E-state index in [1.807, 2.05) is 12.5 Å². The highest BCUT2D eigenvalue weighted by molar-refractivity contribution is 5.43. The van der Waals surface area contributed by atoms with Crippen LogP contribution < -0.4 is 5.32 Å². The third-order valence-corrected chi connectivity index (χ3v) is 4.55. The third kappa shape index (κ3) is 1.89. The molecule has 0 bridgehead atoms. The number of nitrogens with zero attached hydrogens (tertiary/aromatic N) is 2. The molecule has 1 aromatic heterocycles. The van der Waals surface area contributed by atoms with E-state index < -0.39 is 0 Å². The molecule has 19 heavy (non-hydrogen) atoms. The zero-order valence-corrected chi connectivity index (χ0v) is 11.1. The quantitative estimate of drug-likeness (QED) is 0.892. The highest BCUT2D eigenvalue weighted by atomic mass is 15.1. The zero-order chi connectivity index (χ0) is 12.7. The molecule has 98 valence electrons. The summed E-state index contributed by atoms with van der Waals surface area (Å²) in [5.74, 6) is 0.719. The number of fused-ring (bicyclic) bond motifs is 1. The minimum atomic E-state index is 0.719. The maximum atomic E-state index is 4.36. The minimum Gasteiger partial charge on any atom is -0.312 e. The van der Waals surface area contributed by atoms with Gasteiger partial charge in [0.15, 0.2) is 0 Å². The first-order chi connectivity index (χ1) is 9.42. The molecule has 4 rings (SSSR count). The Kier molecular flexibility index (Phi) is 2.66. The SMILES string of the molecule is c1cc2c(cc1-n1cncc1C1CCC1)CNCC2. The largest absolute Gasteiger partial charge is 0.312 e. The second-order valence-electron chi connectivity index (χ2n) is 5.70. The van der Waals surface area contributed by atoms with Crippen LogP contribution in [-0.2, 0) is 13.0 Å². The second kappa shape index (κ2) is 4.49. The van der Waals surface area contributed by atoms with Crippen LogP contribution in [0, 0.1) is 0 Å². The van der Waals surface area contributed by atoms with E-state index in [4.69, 9.17) is 0 Å². The fourth-order valence-electron chi connectivity index (χ4n) is 3.14. The van der Waals surface area contributed by atoms with Gasteiger partial charge in [-0.2, -0.15) is 0 Å². The molecular weight excluding hydrogens is 234 g/mol. The van der Waals surface area contributed by atoms with E-state index in [-0.39, 0.29) is 0 Å². The first-order valence-corrected chi connectivity index (χ1v) is 7.27. The van der Waals surface area contributed by atoms with Gasteiger partial charge >= 0.3 is 0 Å². The van der Waals surface area contributed by atoms with E-state index >= 15 is 0 Å². The average molecular weight is 253 g/mol. The van der Waals surface area contributed by atoms with E-state index in [0.29, 0.717) is 0 Å². The van der Waals surface area contributed by atoms with Crippen LogP contribution in [0.2, 0.25) is 0 Å². The lowest BCUT2D eigenvalue weighted by Gasteiger charge is -2.26. The summed E-state index contributed by atoms with van der Waals surface area (Å²) in [4.78, 5) is 4.36. The van der Waals surface area contributed by atoms with Crippen LogP contribution in [0.5, 0.6) is 0 Å². The predicted octanol–water partition coefficient (Wildman–Crippen LogP) is 2.79. The Hall–Kier alpha value is -1.61. The molecule has 2 heterocycles. The Bertz CT molecular complexity index is 596. The number of imidazole rings is 1. The Morgan fingerprint density at radius 3 is 3.00 bits per heavy atom. The Labute approximate surface area is 113 Å². The first-order valence-electron chi connectivity index (χ1n) is 7.27. The van der Waals surface area contributed by atoms with Gasteiger partial charge in [-0.05, 0) is 49.1 Å². The Balaban J connectivity index is 1.74. The summed E-state index contributed by atoms with van der Waals surface area (Å²) in [6, 6.07) is 6.86. The minimum absolute atomic E-state index is 0.719. The fraction of sp³-hybridized carbons (Fsp3) is 0.438. The summed E-state index contributed by atoms with van der Waals surface area (Å²) in [5.41, 5.74) is 5.58. The number of rotatable bonds is 2. The summed E-state index contributed by atoms with van der Waals surface area (Å²) in [6.07, 6.45) is 9.16. The molecule has 2 aliphatic rings. The Morgan fingerprint density at radius 2 is 2.16 bits per heavy atom. The molecule has 0 atom stereocenters. The van der Waals surface area contributed by atoms with Crippen LogP contribution in [0.15, 0.2) is 30.7 Å². The second-order valence-corrected chi connectivity index (χ2v) is 5.70. The molecule has 1 fully saturated rings. The molecule has 2 aromatic rings. The van der Waals surface area contributed by atoms with Gasteiger partial charge in [0, 0.05) is 30.0 Å². The molecule has 1 aliphatic carbocycles. The molecule has 1 aromatic carbocycles. The van der Waals surface area contributed by atoms with E-state index in [0.717, 1.165) is 25.4 Å². The van der Waals surface area contributed by atoms with Gasteiger partial charge in [0.05, 0.1) is 6.33 Å². The lowest BCUT2D eigenvalue weighted by Crippen LogP contribution is -2.23. The van der Waals surface area contributed by atoms with Crippen molar-refractivity contribution in [2.24, 2.45) is 0 Å². The number of aromatic nitrogens is 2. The summed E-state index contributed by atoms with van der Waals surface area (Å²) in [6.45, 7) is 2.10. The van der Waals surface area contributed by atoms with Crippen molar-refractivity contribution in [2.75, 3.05) is 6.54 Å². The van der Waals surface area contributed by atoms with Gasteiger partial charge in [-0.3, -0.25) is 0 Å². The van der Waals surface area contributed by atoms with E-state index in [9.17, 15) is 0 Å². The van der Waals surface area contributed by atoms with Gasteiger partial charge in [0.25, 0.3) is 0 Å².